The second-order valence-corrected chi connectivity index (χ2v) is 6.19. The summed E-state index contributed by atoms with van der Waals surface area (Å²) in [6, 6.07) is 11.3. The van der Waals surface area contributed by atoms with E-state index in [1.807, 2.05) is 25.1 Å². The molecular formula is C19H23FN2O2. The Hall–Kier alpha value is -1.98. The summed E-state index contributed by atoms with van der Waals surface area (Å²) in [4.78, 5) is 5.93. The van der Waals surface area contributed by atoms with Gasteiger partial charge in [-0.1, -0.05) is 24.3 Å². The number of para-hydroxylation sites is 1. The first-order chi connectivity index (χ1) is 11.6. The molecule has 1 saturated heterocycles. The van der Waals surface area contributed by atoms with Crippen LogP contribution in [0.15, 0.2) is 42.6 Å². The molecule has 3 rings (SSSR count). The van der Waals surface area contributed by atoms with Gasteiger partial charge in [-0.15, -0.1) is 0 Å². The zero-order valence-corrected chi connectivity index (χ0v) is 13.9. The summed E-state index contributed by atoms with van der Waals surface area (Å²) in [7, 11) is 0. The number of likely N-dealkylation sites (tertiary alicyclic amines) is 1. The van der Waals surface area contributed by atoms with Gasteiger partial charge in [0.2, 0.25) is 5.95 Å². The van der Waals surface area contributed by atoms with Gasteiger partial charge in [0.25, 0.3) is 0 Å². The minimum Gasteiger partial charge on any atom is -0.494 e. The standard InChI is InChI=1S/C19H23FN2O2/c1-2-24-17-8-4-3-6-15(17)14-22-12-9-19(23,10-13-22)16-7-5-11-21-18(16)20/h3-8,11,23H,2,9-10,12-14H2,1H3. The van der Waals surface area contributed by atoms with Crippen LogP contribution in [0.2, 0.25) is 0 Å². The van der Waals surface area contributed by atoms with Gasteiger partial charge < -0.3 is 9.84 Å². The lowest BCUT2D eigenvalue weighted by Gasteiger charge is -2.38. The summed E-state index contributed by atoms with van der Waals surface area (Å²) in [5, 5.41) is 10.8. The monoisotopic (exact) mass is 330 g/mol. The molecule has 1 aromatic carbocycles. The SMILES string of the molecule is CCOc1ccccc1CN1CCC(O)(c2cccnc2F)CC1. The average Bonchev–Trinajstić information content (AvgIpc) is 2.59. The predicted molar refractivity (Wildman–Crippen MR) is 90.2 cm³/mol. The van der Waals surface area contributed by atoms with Crippen LogP contribution in [0.25, 0.3) is 0 Å². The van der Waals surface area contributed by atoms with Crippen molar-refractivity contribution in [2.75, 3.05) is 19.7 Å². The topological polar surface area (TPSA) is 45.6 Å². The second-order valence-electron chi connectivity index (χ2n) is 6.19. The number of piperidine rings is 1. The Morgan fingerprint density at radius 1 is 1.21 bits per heavy atom. The Morgan fingerprint density at radius 3 is 2.67 bits per heavy atom. The number of hydrogen-bond acceptors (Lipinski definition) is 4. The van der Waals surface area contributed by atoms with E-state index in [0.29, 0.717) is 38.1 Å². The molecule has 0 amide bonds. The zero-order chi connectivity index (χ0) is 17.0. The maximum Gasteiger partial charge on any atom is 0.218 e. The third kappa shape index (κ3) is 3.57. The first-order valence-corrected chi connectivity index (χ1v) is 8.39. The molecule has 0 unspecified atom stereocenters. The molecule has 1 aliphatic rings. The summed E-state index contributed by atoms with van der Waals surface area (Å²) in [6.45, 7) is 4.77. The smallest absolute Gasteiger partial charge is 0.218 e. The molecule has 1 aromatic heterocycles. The van der Waals surface area contributed by atoms with Crippen LogP contribution in [0, 0.1) is 5.95 Å². The van der Waals surface area contributed by atoms with Crippen LogP contribution in [0.3, 0.4) is 0 Å². The number of pyridine rings is 1. The summed E-state index contributed by atoms with van der Waals surface area (Å²) >= 11 is 0. The third-order valence-electron chi connectivity index (χ3n) is 4.61. The van der Waals surface area contributed by atoms with Gasteiger partial charge in [-0.25, -0.2) is 4.98 Å². The van der Waals surface area contributed by atoms with Gasteiger partial charge >= 0.3 is 0 Å². The van der Waals surface area contributed by atoms with Crippen molar-refractivity contribution < 1.29 is 14.2 Å². The first kappa shape index (κ1) is 16.9. The maximum absolute atomic E-state index is 13.9. The maximum atomic E-state index is 13.9. The van der Waals surface area contributed by atoms with Crippen LogP contribution in [0.1, 0.15) is 30.9 Å². The summed E-state index contributed by atoms with van der Waals surface area (Å²) in [5.41, 5.74) is 0.311. The number of aliphatic hydroxyl groups is 1. The fraction of sp³-hybridized carbons (Fsp3) is 0.421. The molecule has 0 radical (unpaired) electrons. The highest BCUT2D eigenvalue weighted by molar-refractivity contribution is 5.33. The molecule has 0 atom stereocenters. The average molecular weight is 330 g/mol. The highest BCUT2D eigenvalue weighted by Gasteiger charge is 2.36. The second kappa shape index (κ2) is 7.28. The van der Waals surface area contributed by atoms with E-state index < -0.39 is 11.5 Å². The minimum atomic E-state index is -1.13. The summed E-state index contributed by atoms with van der Waals surface area (Å²) in [5.74, 6) is 0.328. The van der Waals surface area contributed by atoms with Crippen LogP contribution in [0.4, 0.5) is 4.39 Å². The van der Waals surface area contributed by atoms with E-state index in [9.17, 15) is 9.50 Å². The van der Waals surface area contributed by atoms with Crippen molar-refractivity contribution in [2.45, 2.75) is 31.9 Å². The Kier molecular flexibility index (Phi) is 5.11. The van der Waals surface area contributed by atoms with Crippen molar-refractivity contribution in [3.63, 3.8) is 0 Å². The van der Waals surface area contributed by atoms with Crippen molar-refractivity contribution in [1.29, 1.82) is 0 Å². The number of aromatic nitrogens is 1. The molecule has 1 fully saturated rings. The molecular weight excluding hydrogens is 307 g/mol. The molecule has 5 heteroatoms. The fourth-order valence-corrected chi connectivity index (χ4v) is 3.26. The van der Waals surface area contributed by atoms with E-state index in [1.165, 1.54) is 6.20 Å². The van der Waals surface area contributed by atoms with E-state index in [-0.39, 0.29) is 0 Å². The lowest BCUT2D eigenvalue weighted by atomic mass is 9.85. The zero-order valence-electron chi connectivity index (χ0n) is 13.9. The van der Waals surface area contributed by atoms with E-state index in [0.717, 1.165) is 17.9 Å². The van der Waals surface area contributed by atoms with Crippen LogP contribution in [-0.4, -0.2) is 34.7 Å². The van der Waals surface area contributed by atoms with Crippen LogP contribution in [0.5, 0.6) is 5.75 Å². The normalized spacial score (nSPS) is 17.6. The Balaban J connectivity index is 1.67. The molecule has 2 aromatic rings. The van der Waals surface area contributed by atoms with Gasteiger partial charge in [0.05, 0.1) is 12.2 Å². The Bertz CT molecular complexity index is 685. The number of halogens is 1. The number of hydrogen-bond donors (Lipinski definition) is 1. The lowest BCUT2D eigenvalue weighted by molar-refractivity contribution is -0.0309. The molecule has 128 valence electrons. The number of ether oxygens (including phenoxy) is 1. The van der Waals surface area contributed by atoms with Crippen LogP contribution >= 0.6 is 0 Å². The highest BCUT2D eigenvalue weighted by Crippen LogP contribution is 2.34. The first-order valence-electron chi connectivity index (χ1n) is 8.39. The van der Waals surface area contributed by atoms with E-state index in [1.54, 1.807) is 12.1 Å². The number of rotatable bonds is 5. The van der Waals surface area contributed by atoms with Crippen molar-refractivity contribution in [1.82, 2.24) is 9.88 Å². The molecule has 0 spiro atoms. The Labute approximate surface area is 141 Å². The molecule has 4 nitrogen and oxygen atoms in total. The van der Waals surface area contributed by atoms with Crippen molar-refractivity contribution in [2.24, 2.45) is 0 Å². The van der Waals surface area contributed by atoms with Crippen molar-refractivity contribution in [3.05, 3.63) is 59.7 Å². The largest absolute Gasteiger partial charge is 0.494 e. The van der Waals surface area contributed by atoms with E-state index >= 15 is 0 Å². The van der Waals surface area contributed by atoms with Gasteiger partial charge in [0.1, 0.15) is 5.75 Å². The molecule has 0 aliphatic carbocycles. The highest BCUT2D eigenvalue weighted by atomic mass is 19.1. The van der Waals surface area contributed by atoms with Crippen molar-refractivity contribution in [3.8, 4) is 5.75 Å². The van der Waals surface area contributed by atoms with Gasteiger partial charge in [-0.05, 0) is 31.9 Å². The number of benzene rings is 1. The molecule has 1 N–H and O–H groups in total. The lowest BCUT2D eigenvalue weighted by Crippen LogP contribution is -2.42. The van der Waals surface area contributed by atoms with Crippen LogP contribution < -0.4 is 4.74 Å². The van der Waals surface area contributed by atoms with Gasteiger partial charge in [-0.3, -0.25) is 4.90 Å². The number of nitrogens with zero attached hydrogens (tertiary/aromatic N) is 2. The summed E-state index contributed by atoms with van der Waals surface area (Å²) in [6.07, 6.45) is 2.39. The van der Waals surface area contributed by atoms with E-state index in [2.05, 4.69) is 16.0 Å². The third-order valence-corrected chi connectivity index (χ3v) is 4.61. The van der Waals surface area contributed by atoms with Crippen LogP contribution in [-0.2, 0) is 12.1 Å². The molecule has 24 heavy (non-hydrogen) atoms. The van der Waals surface area contributed by atoms with Gasteiger partial charge in [-0.2, -0.15) is 4.39 Å². The quantitative estimate of drug-likeness (QED) is 0.856. The Morgan fingerprint density at radius 2 is 1.96 bits per heavy atom. The van der Waals surface area contributed by atoms with E-state index in [4.69, 9.17) is 4.74 Å². The molecule has 0 saturated carbocycles. The molecule has 1 aliphatic heterocycles. The van der Waals surface area contributed by atoms with Gasteiger partial charge in [0.15, 0.2) is 0 Å². The molecule has 0 bridgehead atoms. The predicted octanol–water partition coefficient (Wildman–Crippen LogP) is 3.10. The fourth-order valence-electron chi connectivity index (χ4n) is 3.26. The van der Waals surface area contributed by atoms with Crippen molar-refractivity contribution >= 4 is 0 Å². The minimum absolute atomic E-state index is 0.305. The van der Waals surface area contributed by atoms with Gasteiger partial charge in [0, 0.05) is 37.0 Å². The molecule has 2 heterocycles. The summed E-state index contributed by atoms with van der Waals surface area (Å²) < 4.78 is 19.6.